The molecule has 4 heteroatoms. The highest BCUT2D eigenvalue weighted by Gasteiger charge is 2.14. The van der Waals surface area contributed by atoms with Crippen LogP contribution in [0.4, 0.5) is 4.39 Å². The molecule has 2 N–H and O–H groups in total. The molecule has 106 valence electrons. The fourth-order valence-electron chi connectivity index (χ4n) is 2.04. The van der Waals surface area contributed by atoms with Crippen LogP contribution < -0.4 is 10.5 Å². The van der Waals surface area contributed by atoms with Crippen molar-refractivity contribution >= 4 is 0 Å². The molecule has 0 aliphatic rings. The van der Waals surface area contributed by atoms with Gasteiger partial charge in [0.1, 0.15) is 17.3 Å². The summed E-state index contributed by atoms with van der Waals surface area (Å²) in [7, 11) is 1.63. The van der Waals surface area contributed by atoms with Gasteiger partial charge in [0.15, 0.2) is 0 Å². The van der Waals surface area contributed by atoms with E-state index in [9.17, 15) is 4.39 Å². The Morgan fingerprint density at radius 2 is 1.95 bits per heavy atom. The zero-order valence-corrected chi connectivity index (χ0v) is 11.6. The zero-order chi connectivity index (χ0) is 14.5. The van der Waals surface area contributed by atoms with Crippen LogP contribution in [0.1, 0.15) is 24.1 Å². The van der Waals surface area contributed by atoms with E-state index in [-0.39, 0.29) is 5.82 Å². The highest BCUT2D eigenvalue weighted by molar-refractivity contribution is 5.41. The Labute approximate surface area is 118 Å². The molecule has 0 aliphatic carbocycles. The summed E-state index contributed by atoms with van der Waals surface area (Å²) in [5.74, 6) is 0.715. The lowest BCUT2D eigenvalue weighted by Gasteiger charge is -2.15. The lowest BCUT2D eigenvalue weighted by molar-refractivity contribution is 0.184. The van der Waals surface area contributed by atoms with Gasteiger partial charge in [-0.05, 0) is 36.8 Å². The van der Waals surface area contributed by atoms with Crippen molar-refractivity contribution in [3.63, 3.8) is 0 Å². The van der Waals surface area contributed by atoms with Crippen LogP contribution in [-0.2, 0) is 11.3 Å². The van der Waals surface area contributed by atoms with Crippen LogP contribution in [0.5, 0.6) is 11.5 Å². The third-order valence-electron chi connectivity index (χ3n) is 2.91. The number of nitrogens with two attached hydrogens (primary N) is 1. The van der Waals surface area contributed by atoms with E-state index in [1.807, 2.05) is 24.3 Å². The second kappa shape index (κ2) is 6.50. The van der Waals surface area contributed by atoms with Gasteiger partial charge in [-0.25, -0.2) is 4.39 Å². The quantitative estimate of drug-likeness (QED) is 0.903. The summed E-state index contributed by atoms with van der Waals surface area (Å²) < 4.78 is 24.7. The van der Waals surface area contributed by atoms with Gasteiger partial charge >= 0.3 is 0 Å². The van der Waals surface area contributed by atoms with Crippen molar-refractivity contribution in [2.24, 2.45) is 5.73 Å². The Balaban J connectivity index is 2.30. The summed E-state index contributed by atoms with van der Waals surface area (Å²) in [4.78, 5) is 0. The first kappa shape index (κ1) is 14.5. The third kappa shape index (κ3) is 3.35. The summed E-state index contributed by atoms with van der Waals surface area (Å²) in [5.41, 5.74) is 7.18. The normalized spacial score (nSPS) is 12.2. The molecule has 0 radical (unpaired) electrons. The lowest BCUT2D eigenvalue weighted by Crippen LogP contribution is -2.09. The van der Waals surface area contributed by atoms with Gasteiger partial charge in [0.05, 0.1) is 6.61 Å². The van der Waals surface area contributed by atoms with Crippen LogP contribution in [-0.4, -0.2) is 7.11 Å². The maximum atomic E-state index is 13.8. The van der Waals surface area contributed by atoms with E-state index in [1.165, 1.54) is 6.07 Å². The molecule has 0 bridgehead atoms. The molecule has 0 amide bonds. The monoisotopic (exact) mass is 275 g/mol. The number of hydrogen-bond donors (Lipinski definition) is 1. The molecule has 0 aromatic heterocycles. The van der Waals surface area contributed by atoms with Gasteiger partial charge in [-0.1, -0.05) is 18.2 Å². The second-order valence-electron chi connectivity index (χ2n) is 4.62. The number of ether oxygens (including phenoxy) is 2. The second-order valence-corrected chi connectivity index (χ2v) is 4.62. The maximum absolute atomic E-state index is 13.8. The van der Waals surface area contributed by atoms with Crippen molar-refractivity contribution in [3.8, 4) is 11.5 Å². The van der Waals surface area contributed by atoms with E-state index in [1.54, 1.807) is 26.2 Å². The molecule has 0 saturated carbocycles. The fourth-order valence-corrected chi connectivity index (χ4v) is 2.04. The van der Waals surface area contributed by atoms with E-state index in [4.69, 9.17) is 15.2 Å². The molecular formula is C16H18FNO2. The van der Waals surface area contributed by atoms with Gasteiger partial charge in [0.25, 0.3) is 0 Å². The predicted molar refractivity (Wildman–Crippen MR) is 76.2 cm³/mol. The molecule has 1 atom stereocenters. The molecule has 0 saturated heterocycles. The van der Waals surface area contributed by atoms with Crippen molar-refractivity contribution in [2.75, 3.05) is 7.11 Å². The van der Waals surface area contributed by atoms with E-state index >= 15 is 0 Å². The minimum Gasteiger partial charge on any atom is -0.457 e. The smallest absolute Gasteiger partial charge is 0.135 e. The van der Waals surface area contributed by atoms with Crippen molar-refractivity contribution in [2.45, 2.75) is 19.6 Å². The number of halogens is 1. The van der Waals surface area contributed by atoms with Gasteiger partial charge in [-0.15, -0.1) is 0 Å². The molecule has 2 rings (SSSR count). The first-order chi connectivity index (χ1) is 9.61. The molecule has 2 aromatic rings. The largest absolute Gasteiger partial charge is 0.457 e. The van der Waals surface area contributed by atoms with Crippen molar-refractivity contribution in [1.29, 1.82) is 0 Å². The van der Waals surface area contributed by atoms with Gasteiger partial charge in [-0.3, -0.25) is 0 Å². The summed E-state index contributed by atoms with van der Waals surface area (Å²) in [6.07, 6.45) is 0. The zero-order valence-electron chi connectivity index (χ0n) is 11.6. The Hall–Kier alpha value is -1.91. The lowest BCUT2D eigenvalue weighted by atomic mass is 10.1. The summed E-state index contributed by atoms with van der Waals surface area (Å²) in [6, 6.07) is 11.7. The van der Waals surface area contributed by atoms with Crippen LogP contribution in [0.3, 0.4) is 0 Å². The van der Waals surface area contributed by atoms with E-state index < -0.39 is 6.04 Å². The number of benzene rings is 2. The Kier molecular flexibility index (Phi) is 4.71. The molecule has 3 nitrogen and oxygen atoms in total. The standard InChI is InChI=1S/C16H18FNO2/c1-11(18)16-14(17)7-4-8-15(16)20-13-6-3-5-12(9-13)10-19-2/h3-9,11H,10,18H2,1-2H3/t11-/m1/s1. The van der Waals surface area contributed by atoms with Gasteiger partial charge < -0.3 is 15.2 Å². The van der Waals surface area contributed by atoms with Crippen molar-refractivity contribution in [1.82, 2.24) is 0 Å². The highest BCUT2D eigenvalue weighted by atomic mass is 19.1. The average Bonchev–Trinajstić information content (AvgIpc) is 2.39. The molecule has 0 aliphatic heterocycles. The topological polar surface area (TPSA) is 44.5 Å². The first-order valence-corrected chi connectivity index (χ1v) is 6.41. The minimum absolute atomic E-state index is 0.356. The average molecular weight is 275 g/mol. The van der Waals surface area contributed by atoms with Gasteiger partial charge in [-0.2, -0.15) is 0 Å². The number of rotatable bonds is 5. The van der Waals surface area contributed by atoms with Crippen LogP contribution in [0.25, 0.3) is 0 Å². The van der Waals surface area contributed by atoms with Crippen molar-refractivity contribution < 1.29 is 13.9 Å². The van der Waals surface area contributed by atoms with Crippen molar-refractivity contribution in [3.05, 3.63) is 59.4 Å². The summed E-state index contributed by atoms with van der Waals surface area (Å²) in [5, 5.41) is 0. The van der Waals surface area contributed by atoms with Crippen LogP contribution in [0.2, 0.25) is 0 Å². The fraction of sp³-hybridized carbons (Fsp3) is 0.250. The summed E-state index contributed by atoms with van der Waals surface area (Å²) >= 11 is 0. The molecule has 0 heterocycles. The molecule has 0 fully saturated rings. The Bertz CT molecular complexity index is 584. The van der Waals surface area contributed by atoms with E-state index in [2.05, 4.69) is 0 Å². The molecular weight excluding hydrogens is 257 g/mol. The SMILES string of the molecule is COCc1cccc(Oc2cccc(F)c2[C@@H](C)N)c1. The highest BCUT2D eigenvalue weighted by Crippen LogP contribution is 2.31. The Morgan fingerprint density at radius 3 is 2.65 bits per heavy atom. The Morgan fingerprint density at radius 1 is 1.20 bits per heavy atom. The third-order valence-corrected chi connectivity index (χ3v) is 2.91. The van der Waals surface area contributed by atoms with Gasteiger partial charge in [0.2, 0.25) is 0 Å². The molecule has 0 spiro atoms. The van der Waals surface area contributed by atoms with E-state index in [0.29, 0.717) is 23.7 Å². The maximum Gasteiger partial charge on any atom is 0.135 e. The van der Waals surface area contributed by atoms with E-state index in [0.717, 1.165) is 5.56 Å². The van der Waals surface area contributed by atoms with Crippen LogP contribution in [0, 0.1) is 5.82 Å². The summed E-state index contributed by atoms with van der Waals surface area (Å²) in [6.45, 7) is 2.23. The molecule has 2 aromatic carbocycles. The van der Waals surface area contributed by atoms with Crippen LogP contribution in [0.15, 0.2) is 42.5 Å². The number of hydrogen-bond acceptors (Lipinski definition) is 3. The van der Waals surface area contributed by atoms with Crippen LogP contribution >= 0.6 is 0 Å². The van der Waals surface area contributed by atoms with Gasteiger partial charge in [0, 0.05) is 18.7 Å². The molecule has 0 unspecified atom stereocenters. The first-order valence-electron chi connectivity index (χ1n) is 6.41. The minimum atomic E-state index is -0.437. The number of methoxy groups -OCH3 is 1. The predicted octanol–water partition coefficient (Wildman–Crippen LogP) is 3.78. The molecule has 20 heavy (non-hydrogen) atoms.